The van der Waals surface area contributed by atoms with Gasteiger partial charge in [0.1, 0.15) is 18.4 Å². The van der Waals surface area contributed by atoms with Crippen molar-refractivity contribution < 1.29 is 19.1 Å². The van der Waals surface area contributed by atoms with Gasteiger partial charge in [0.25, 0.3) is 5.91 Å². The van der Waals surface area contributed by atoms with Crippen LogP contribution in [0.2, 0.25) is 0 Å². The Morgan fingerprint density at radius 2 is 1.67 bits per heavy atom. The zero-order chi connectivity index (χ0) is 25.8. The van der Waals surface area contributed by atoms with E-state index in [0.717, 1.165) is 29.9 Å². The third-order valence-electron chi connectivity index (χ3n) is 5.93. The summed E-state index contributed by atoms with van der Waals surface area (Å²) in [5.74, 6) is 0.370. The van der Waals surface area contributed by atoms with Crippen LogP contribution in [0.5, 0.6) is 5.75 Å². The van der Waals surface area contributed by atoms with Gasteiger partial charge in [-0.15, -0.1) is 0 Å². The Morgan fingerprint density at radius 1 is 0.944 bits per heavy atom. The predicted molar refractivity (Wildman–Crippen MR) is 141 cm³/mol. The number of hydrogen-bond acceptors (Lipinski definition) is 6. The van der Waals surface area contributed by atoms with E-state index in [9.17, 15) is 9.59 Å². The molecule has 190 valence electrons. The number of rotatable bonds is 13. The summed E-state index contributed by atoms with van der Waals surface area (Å²) in [5.41, 5.74) is 3.45. The fraction of sp³-hybridized carbons (Fsp3) is 0.345. The molecule has 1 atom stereocenters. The van der Waals surface area contributed by atoms with Crippen molar-refractivity contribution in [3.05, 3.63) is 84.1 Å². The smallest absolute Gasteiger partial charge is 0.323 e. The Kier molecular flexibility index (Phi) is 10.5. The van der Waals surface area contributed by atoms with Crippen molar-refractivity contribution in [3.63, 3.8) is 0 Å². The van der Waals surface area contributed by atoms with Gasteiger partial charge in [0.15, 0.2) is 0 Å². The molecule has 0 aliphatic rings. The number of nitrogens with zero attached hydrogens (tertiary/aromatic N) is 2. The number of ether oxygens (including phenoxy) is 2. The Balaban J connectivity index is 1.46. The summed E-state index contributed by atoms with van der Waals surface area (Å²) < 4.78 is 11.1. The minimum absolute atomic E-state index is 0.150. The molecule has 0 spiro atoms. The number of likely N-dealkylation sites (N-methyl/N-ethyl adjacent to an activating group) is 1. The van der Waals surface area contributed by atoms with Crippen LogP contribution in [0.25, 0.3) is 11.3 Å². The highest BCUT2D eigenvalue weighted by Crippen LogP contribution is 2.18. The Hall–Kier alpha value is -3.71. The van der Waals surface area contributed by atoms with Gasteiger partial charge in [-0.1, -0.05) is 44.2 Å². The molecule has 0 bridgehead atoms. The number of carbonyl (C=O) groups excluding carboxylic acids is 2. The quantitative estimate of drug-likeness (QED) is 0.284. The lowest BCUT2D eigenvalue weighted by molar-refractivity contribution is -0.149. The van der Waals surface area contributed by atoms with E-state index in [2.05, 4.69) is 15.2 Å². The van der Waals surface area contributed by atoms with Crippen LogP contribution in [-0.2, 0) is 16.0 Å². The molecule has 0 aliphatic heterocycles. The van der Waals surface area contributed by atoms with Gasteiger partial charge < -0.3 is 14.8 Å². The van der Waals surface area contributed by atoms with E-state index in [0.29, 0.717) is 37.5 Å². The summed E-state index contributed by atoms with van der Waals surface area (Å²) in [7, 11) is 0. The van der Waals surface area contributed by atoms with E-state index < -0.39 is 0 Å². The molecule has 2 aromatic carbocycles. The molecule has 3 rings (SSSR count). The number of pyridine rings is 1. The lowest BCUT2D eigenvalue weighted by Gasteiger charge is -2.27. The van der Waals surface area contributed by atoms with Crippen molar-refractivity contribution >= 4 is 11.9 Å². The van der Waals surface area contributed by atoms with Crippen molar-refractivity contribution in [1.82, 2.24) is 15.2 Å². The third kappa shape index (κ3) is 7.65. The van der Waals surface area contributed by atoms with Crippen molar-refractivity contribution in [2.45, 2.75) is 33.2 Å². The molecular weight excluding hydrogens is 454 g/mol. The van der Waals surface area contributed by atoms with Crippen molar-refractivity contribution in [1.29, 1.82) is 0 Å². The molecule has 0 radical (unpaired) electrons. The molecule has 0 saturated heterocycles. The van der Waals surface area contributed by atoms with Gasteiger partial charge in [-0.2, -0.15) is 0 Å². The van der Waals surface area contributed by atoms with Crippen LogP contribution in [-0.4, -0.2) is 60.7 Å². The normalized spacial score (nSPS) is 11.7. The first kappa shape index (κ1) is 26.9. The molecular formula is C29H35N3O4. The van der Waals surface area contributed by atoms with Crippen LogP contribution in [0.15, 0.2) is 72.9 Å². The van der Waals surface area contributed by atoms with E-state index >= 15 is 0 Å². The van der Waals surface area contributed by atoms with Gasteiger partial charge in [-0.05, 0) is 68.4 Å². The maximum Gasteiger partial charge on any atom is 0.323 e. The summed E-state index contributed by atoms with van der Waals surface area (Å²) >= 11 is 0. The molecule has 7 heteroatoms. The Morgan fingerprint density at radius 3 is 2.28 bits per heavy atom. The second-order valence-corrected chi connectivity index (χ2v) is 8.23. The Labute approximate surface area is 213 Å². The van der Waals surface area contributed by atoms with Crippen molar-refractivity contribution in [3.8, 4) is 17.0 Å². The molecule has 0 aliphatic carbocycles. The Bertz CT molecular complexity index is 1080. The van der Waals surface area contributed by atoms with E-state index in [1.807, 2.05) is 75.4 Å². The molecule has 3 aromatic rings. The largest absolute Gasteiger partial charge is 0.492 e. The minimum Gasteiger partial charge on any atom is -0.492 e. The van der Waals surface area contributed by atoms with Crippen LogP contribution in [0.4, 0.5) is 0 Å². The van der Waals surface area contributed by atoms with Gasteiger partial charge >= 0.3 is 5.97 Å². The maximum atomic E-state index is 12.5. The summed E-state index contributed by atoms with van der Waals surface area (Å²) in [6, 6.07) is 20.5. The zero-order valence-corrected chi connectivity index (χ0v) is 21.3. The van der Waals surface area contributed by atoms with Gasteiger partial charge in [0, 0.05) is 17.3 Å². The molecule has 1 aromatic heterocycles. The molecule has 1 unspecified atom stereocenters. The molecule has 7 nitrogen and oxygen atoms in total. The maximum absolute atomic E-state index is 12.5. The third-order valence-corrected chi connectivity index (χ3v) is 5.93. The summed E-state index contributed by atoms with van der Waals surface area (Å²) in [5, 5.41) is 2.88. The average molecular weight is 490 g/mol. The van der Waals surface area contributed by atoms with E-state index in [-0.39, 0.29) is 17.9 Å². The van der Waals surface area contributed by atoms with Gasteiger partial charge in [0.05, 0.1) is 18.8 Å². The number of benzene rings is 2. The predicted octanol–water partition coefficient (Wildman–Crippen LogP) is 4.37. The highest BCUT2D eigenvalue weighted by molar-refractivity contribution is 5.94. The summed E-state index contributed by atoms with van der Waals surface area (Å²) in [6.45, 7) is 8.58. The first-order chi connectivity index (χ1) is 17.5. The van der Waals surface area contributed by atoms with Crippen molar-refractivity contribution in [2.75, 3.05) is 32.8 Å². The van der Waals surface area contributed by atoms with Gasteiger partial charge in [0.2, 0.25) is 0 Å². The number of nitrogens with one attached hydrogen (secondary N) is 1. The monoisotopic (exact) mass is 489 g/mol. The summed E-state index contributed by atoms with van der Waals surface area (Å²) in [4.78, 5) is 31.3. The lowest BCUT2D eigenvalue weighted by Crippen LogP contribution is -2.43. The van der Waals surface area contributed by atoms with E-state index in [1.165, 1.54) is 0 Å². The second kappa shape index (κ2) is 14.0. The number of carbonyl (C=O) groups is 2. The van der Waals surface area contributed by atoms with Crippen LogP contribution < -0.4 is 10.1 Å². The average Bonchev–Trinajstić information content (AvgIpc) is 2.92. The number of aromatic nitrogens is 1. The first-order valence-corrected chi connectivity index (χ1v) is 12.5. The summed E-state index contributed by atoms with van der Waals surface area (Å²) in [6.07, 6.45) is 2.33. The molecule has 36 heavy (non-hydrogen) atoms. The second-order valence-electron chi connectivity index (χ2n) is 8.23. The van der Waals surface area contributed by atoms with E-state index in [4.69, 9.17) is 9.47 Å². The van der Waals surface area contributed by atoms with Crippen molar-refractivity contribution in [2.24, 2.45) is 0 Å². The molecule has 0 saturated carbocycles. The molecule has 1 N–H and O–H groups in total. The highest BCUT2D eigenvalue weighted by atomic mass is 16.5. The molecule has 1 amide bonds. The van der Waals surface area contributed by atoms with Crippen LogP contribution >= 0.6 is 0 Å². The molecule has 0 fully saturated rings. The lowest BCUT2D eigenvalue weighted by atomic mass is 10.0. The number of hydrogen-bond donors (Lipinski definition) is 1. The van der Waals surface area contributed by atoms with Crippen LogP contribution in [0, 0.1) is 0 Å². The zero-order valence-electron chi connectivity index (χ0n) is 21.3. The van der Waals surface area contributed by atoms with Gasteiger partial charge in [-0.25, -0.2) is 0 Å². The number of amides is 1. The first-order valence-electron chi connectivity index (χ1n) is 12.5. The highest BCUT2D eigenvalue weighted by Gasteiger charge is 2.25. The standard InChI is InChI=1S/C29H35N3O4/c1-4-32(5-2)27(29(34)35-6-3)21-22-10-16-25(17-11-22)36-20-19-31-28(33)24-14-12-23(13-15-24)26-9-7-8-18-30-26/h7-18,27H,4-6,19-21H2,1-3H3,(H,31,33). The fourth-order valence-electron chi connectivity index (χ4n) is 3.97. The van der Waals surface area contributed by atoms with Crippen LogP contribution in [0.3, 0.4) is 0 Å². The topological polar surface area (TPSA) is 80.8 Å². The molecule has 1 heterocycles. The van der Waals surface area contributed by atoms with E-state index in [1.54, 1.807) is 18.3 Å². The minimum atomic E-state index is -0.306. The van der Waals surface area contributed by atoms with Gasteiger partial charge in [-0.3, -0.25) is 19.5 Å². The fourth-order valence-corrected chi connectivity index (χ4v) is 3.97. The SMILES string of the molecule is CCOC(=O)C(Cc1ccc(OCCNC(=O)c2ccc(-c3ccccn3)cc2)cc1)N(CC)CC. The number of esters is 1. The van der Waals surface area contributed by atoms with Crippen LogP contribution in [0.1, 0.15) is 36.7 Å².